The summed E-state index contributed by atoms with van der Waals surface area (Å²) in [6.07, 6.45) is 1.49. The van der Waals surface area contributed by atoms with E-state index >= 15 is 0 Å². The van der Waals surface area contributed by atoms with Crippen LogP contribution in [-0.2, 0) is 10.0 Å². The van der Waals surface area contributed by atoms with Gasteiger partial charge in [-0.2, -0.15) is 13.5 Å². The minimum atomic E-state index is -3.64. The highest BCUT2D eigenvalue weighted by atomic mass is 79.9. The summed E-state index contributed by atoms with van der Waals surface area (Å²) in [5, 5.41) is 3.81. The van der Waals surface area contributed by atoms with E-state index in [9.17, 15) is 8.42 Å². The van der Waals surface area contributed by atoms with Crippen molar-refractivity contribution in [2.75, 3.05) is 0 Å². The molecule has 116 valence electrons. The second kappa shape index (κ2) is 7.07. The Kier molecular flexibility index (Phi) is 5.37. The lowest BCUT2D eigenvalue weighted by Crippen LogP contribution is -2.18. The van der Waals surface area contributed by atoms with Gasteiger partial charge in [-0.15, -0.1) is 0 Å². The van der Waals surface area contributed by atoms with Gasteiger partial charge in [0.05, 0.1) is 11.1 Å². The van der Waals surface area contributed by atoms with Gasteiger partial charge in [-0.1, -0.05) is 54.0 Å². The quantitative estimate of drug-likeness (QED) is 0.631. The van der Waals surface area contributed by atoms with Gasteiger partial charge >= 0.3 is 0 Å². The van der Waals surface area contributed by atoms with Crippen LogP contribution < -0.4 is 4.83 Å². The molecular weight excluding hydrogens is 364 g/mol. The van der Waals surface area contributed by atoms with Crippen molar-refractivity contribution in [2.24, 2.45) is 5.10 Å². The van der Waals surface area contributed by atoms with Gasteiger partial charge in [0.1, 0.15) is 0 Å². The predicted octanol–water partition coefficient (Wildman–Crippen LogP) is 3.88. The first-order valence-corrected chi connectivity index (χ1v) is 9.06. The summed E-state index contributed by atoms with van der Waals surface area (Å²) in [6, 6.07) is 14.2. The molecule has 2 aromatic carbocycles. The second-order valence-corrected chi connectivity index (χ2v) is 7.70. The van der Waals surface area contributed by atoms with Crippen molar-refractivity contribution in [1.82, 2.24) is 4.83 Å². The number of hydrogen-bond donors (Lipinski definition) is 1. The van der Waals surface area contributed by atoms with E-state index in [1.54, 1.807) is 12.1 Å². The normalized spacial score (nSPS) is 12.0. The molecule has 0 bridgehead atoms. The van der Waals surface area contributed by atoms with Crippen LogP contribution in [0.4, 0.5) is 0 Å². The van der Waals surface area contributed by atoms with Crippen molar-refractivity contribution in [1.29, 1.82) is 0 Å². The Hall–Kier alpha value is -1.66. The van der Waals surface area contributed by atoms with Crippen LogP contribution in [0.1, 0.15) is 30.9 Å². The number of benzene rings is 2. The highest BCUT2D eigenvalue weighted by Crippen LogP contribution is 2.15. The molecule has 0 aliphatic heterocycles. The van der Waals surface area contributed by atoms with Gasteiger partial charge in [0.2, 0.25) is 0 Å². The topological polar surface area (TPSA) is 58.5 Å². The SMILES string of the molecule is CC(C)c1ccc(C=NNS(=O)(=O)c2ccc(Br)cc2)cc1. The van der Waals surface area contributed by atoms with E-state index in [0.717, 1.165) is 10.0 Å². The van der Waals surface area contributed by atoms with Crippen LogP contribution in [0.25, 0.3) is 0 Å². The van der Waals surface area contributed by atoms with Gasteiger partial charge in [0.25, 0.3) is 10.0 Å². The summed E-state index contributed by atoms with van der Waals surface area (Å²) in [5.41, 5.74) is 2.07. The zero-order chi connectivity index (χ0) is 16.2. The maximum Gasteiger partial charge on any atom is 0.276 e. The molecule has 2 rings (SSSR count). The number of nitrogens with zero attached hydrogens (tertiary/aromatic N) is 1. The largest absolute Gasteiger partial charge is 0.276 e. The molecule has 0 aromatic heterocycles. The molecule has 4 nitrogen and oxygen atoms in total. The average molecular weight is 381 g/mol. The number of hydrogen-bond acceptors (Lipinski definition) is 3. The Morgan fingerprint density at radius 3 is 2.18 bits per heavy atom. The number of halogens is 1. The Morgan fingerprint density at radius 2 is 1.64 bits per heavy atom. The minimum Gasteiger partial charge on any atom is -0.200 e. The molecule has 1 N–H and O–H groups in total. The van der Waals surface area contributed by atoms with Crippen LogP contribution in [0, 0.1) is 0 Å². The van der Waals surface area contributed by atoms with E-state index in [0.29, 0.717) is 5.92 Å². The summed E-state index contributed by atoms with van der Waals surface area (Å²) >= 11 is 3.27. The zero-order valence-electron chi connectivity index (χ0n) is 12.3. The lowest BCUT2D eigenvalue weighted by Gasteiger charge is -2.05. The smallest absolute Gasteiger partial charge is 0.200 e. The van der Waals surface area contributed by atoms with E-state index in [2.05, 4.69) is 39.7 Å². The third-order valence-electron chi connectivity index (χ3n) is 3.11. The number of rotatable bonds is 5. The van der Waals surface area contributed by atoms with Crippen LogP contribution in [0.2, 0.25) is 0 Å². The molecule has 0 amide bonds. The van der Waals surface area contributed by atoms with E-state index < -0.39 is 10.0 Å². The average Bonchev–Trinajstić information content (AvgIpc) is 2.48. The fourth-order valence-electron chi connectivity index (χ4n) is 1.80. The van der Waals surface area contributed by atoms with Crippen molar-refractivity contribution in [3.8, 4) is 0 Å². The molecule has 0 radical (unpaired) electrons. The van der Waals surface area contributed by atoms with E-state index in [4.69, 9.17) is 0 Å². The van der Waals surface area contributed by atoms with Gasteiger partial charge in [-0.05, 0) is 41.3 Å². The maximum atomic E-state index is 12.0. The third kappa shape index (κ3) is 4.42. The first-order chi connectivity index (χ1) is 10.4. The van der Waals surface area contributed by atoms with Crippen LogP contribution in [0.3, 0.4) is 0 Å². The predicted molar refractivity (Wildman–Crippen MR) is 92.6 cm³/mol. The van der Waals surface area contributed by atoms with Crippen molar-refractivity contribution < 1.29 is 8.42 Å². The highest BCUT2D eigenvalue weighted by molar-refractivity contribution is 9.10. The molecule has 0 atom stereocenters. The Balaban J connectivity index is 2.06. The lowest BCUT2D eigenvalue weighted by molar-refractivity contribution is 0.584. The van der Waals surface area contributed by atoms with Crippen LogP contribution in [0.5, 0.6) is 0 Å². The van der Waals surface area contributed by atoms with E-state index in [1.165, 1.54) is 23.9 Å². The van der Waals surface area contributed by atoms with Crippen molar-refractivity contribution >= 4 is 32.2 Å². The van der Waals surface area contributed by atoms with Gasteiger partial charge < -0.3 is 0 Å². The molecule has 0 saturated carbocycles. The Morgan fingerprint density at radius 1 is 1.05 bits per heavy atom. The molecule has 0 spiro atoms. The maximum absolute atomic E-state index is 12.0. The third-order valence-corrected chi connectivity index (χ3v) is 4.88. The number of sulfonamides is 1. The minimum absolute atomic E-state index is 0.169. The molecule has 2 aromatic rings. The van der Waals surface area contributed by atoms with E-state index in [-0.39, 0.29) is 4.90 Å². The van der Waals surface area contributed by atoms with Gasteiger partial charge in [0.15, 0.2) is 0 Å². The van der Waals surface area contributed by atoms with Crippen molar-refractivity contribution in [2.45, 2.75) is 24.7 Å². The second-order valence-electron chi connectivity index (χ2n) is 5.13. The van der Waals surface area contributed by atoms with Crippen LogP contribution in [0.15, 0.2) is 63.0 Å². The molecule has 0 aliphatic carbocycles. The fraction of sp³-hybridized carbons (Fsp3) is 0.188. The summed E-state index contributed by atoms with van der Waals surface area (Å²) in [5.74, 6) is 0.460. The standard InChI is InChI=1S/C16H17BrN2O2S/c1-12(2)14-5-3-13(4-6-14)11-18-19-22(20,21)16-9-7-15(17)8-10-16/h3-12,19H,1-2H3. The summed E-state index contributed by atoms with van der Waals surface area (Å²) in [6.45, 7) is 4.24. The van der Waals surface area contributed by atoms with E-state index in [1.807, 2.05) is 24.3 Å². The molecular formula is C16H17BrN2O2S. The molecule has 0 saturated heterocycles. The summed E-state index contributed by atoms with van der Waals surface area (Å²) in [4.78, 5) is 2.38. The van der Waals surface area contributed by atoms with Gasteiger partial charge in [-0.25, -0.2) is 4.83 Å². The monoisotopic (exact) mass is 380 g/mol. The first-order valence-electron chi connectivity index (χ1n) is 6.79. The van der Waals surface area contributed by atoms with Crippen LogP contribution >= 0.6 is 15.9 Å². The summed E-state index contributed by atoms with van der Waals surface area (Å²) in [7, 11) is -3.64. The molecule has 22 heavy (non-hydrogen) atoms. The zero-order valence-corrected chi connectivity index (χ0v) is 14.7. The Bertz CT molecular complexity index is 752. The highest BCUT2D eigenvalue weighted by Gasteiger charge is 2.11. The molecule has 0 aliphatic rings. The van der Waals surface area contributed by atoms with Crippen molar-refractivity contribution in [3.05, 3.63) is 64.1 Å². The molecule has 0 fully saturated rings. The van der Waals surface area contributed by atoms with Crippen LogP contribution in [-0.4, -0.2) is 14.6 Å². The number of hydrazone groups is 1. The first kappa shape index (κ1) is 16.7. The summed E-state index contributed by atoms with van der Waals surface area (Å²) < 4.78 is 24.9. The van der Waals surface area contributed by atoms with Crippen molar-refractivity contribution in [3.63, 3.8) is 0 Å². The van der Waals surface area contributed by atoms with Gasteiger partial charge in [0, 0.05) is 4.47 Å². The molecule has 0 unspecified atom stereocenters. The molecule has 6 heteroatoms. The lowest BCUT2D eigenvalue weighted by atomic mass is 10.0. The molecule has 0 heterocycles. The fourth-order valence-corrected chi connectivity index (χ4v) is 2.86. The van der Waals surface area contributed by atoms with Gasteiger partial charge in [-0.3, -0.25) is 0 Å². The number of nitrogens with one attached hydrogen (secondary N) is 1. The Labute approximate surface area is 139 Å².